The molecule has 132 valence electrons. The van der Waals surface area contributed by atoms with Crippen molar-refractivity contribution in [3.8, 4) is 0 Å². The third-order valence-corrected chi connectivity index (χ3v) is 5.42. The highest BCUT2D eigenvalue weighted by atomic mass is 32.2. The first-order chi connectivity index (χ1) is 11.3. The molecule has 1 saturated carbocycles. The topological polar surface area (TPSA) is 77.3 Å². The maximum Gasteiger partial charge on any atom is 0.264 e. The summed E-state index contributed by atoms with van der Waals surface area (Å²) in [6.45, 7) is 0.297. The Morgan fingerprint density at radius 3 is 2.67 bits per heavy atom. The van der Waals surface area contributed by atoms with Gasteiger partial charge in [0.25, 0.3) is 10.1 Å². The molecule has 0 radical (unpaired) electrons. The van der Waals surface area contributed by atoms with Crippen molar-refractivity contribution < 1.29 is 12.6 Å². The van der Waals surface area contributed by atoms with E-state index in [9.17, 15) is 8.42 Å². The number of aromatic nitrogens is 3. The molecule has 2 heterocycles. The second-order valence-electron chi connectivity index (χ2n) is 6.64. The molecule has 0 atom stereocenters. The minimum absolute atomic E-state index is 0.297. The first kappa shape index (κ1) is 17.2. The Labute approximate surface area is 142 Å². The maximum absolute atomic E-state index is 11.1. The third kappa shape index (κ3) is 3.70. The number of rotatable bonds is 5. The molecule has 0 bridgehead atoms. The second kappa shape index (κ2) is 6.68. The van der Waals surface area contributed by atoms with Crippen LogP contribution in [0.2, 0.25) is 0 Å². The van der Waals surface area contributed by atoms with Crippen LogP contribution in [-0.2, 0) is 21.3 Å². The summed E-state index contributed by atoms with van der Waals surface area (Å²) in [6, 6.07) is 2.45. The second-order valence-corrected chi connectivity index (χ2v) is 8.28. The SMILES string of the molecule is CN(c1ncnc2c1ccn2C)C1CCC(COS(C)(=O)=O)CC1. The van der Waals surface area contributed by atoms with Gasteiger partial charge in [0.15, 0.2) is 0 Å². The van der Waals surface area contributed by atoms with Crippen LogP contribution in [0.3, 0.4) is 0 Å². The van der Waals surface area contributed by atoms with E-state index < -0.39 is 10.1 Å². The lowest BCUT2D eigenvalue weighted by Crippen LogP contribution is -2.36. The van der Waals surface area contributed by atoms with Crippen LogP contribution in [0.4, 0.5) is 5.82 Å². The molecule has 2 aromatic rings. The Kier molecular flexibility index (Phi) is 4.78. The van der Waals surface area contributed by atoms with Gasteiger partial charge in [-0.1, -0.05) is 0 Å². The van der Waals surface area contributed by atoms with Gasteiger partial charge < -0.3 is 9.47 Å². The Balaban J connectivity index is 1.65. The molecule has 8 heteroatoms. The Hall–Kier alpha value is -1.67. The minimum atomic E-state index is -3.35. The normalized spacial score (nSPS) is 22.0. The van der Waals surface area contributed by atoms with Gasteiger partial charge in [-0.05, 0) is 37.7 Å². The maximum atomic E-state index is 11.1. The van der Waals surface area contributed by atoms with Crippen molar-refractivity contribution >= 4 is 27.0 Å². The van der Waals surface area contributed by atoms with Crippen molar-refractivity contribution in [2.75, 3.05) is 24.8 Å². The molecule has 3 rings (SSSR count). The number of hydrogen-bond acceptors (Lipinski definition) is 6. The van der Waals surface area contributed by atoms with Crippen molar-refractivity contribution in [1.29, 1.82) is 0 Å². The van der Waals surface area contributed by atoms with Crippen LogP contribution in [0.25, 0.3) is 11.0 Å². The molecule has 1 aliphatic rings. The molecular weight excluding hydrogens is 328 g/mol. The van der Waals surface area contributed by atoms with E-state index in [1.165, 1.54) is 0 Å². The van der Waals surface area contributed by atoms with Gasteiger partial charge in [-0.2, -0.15) is 8.42 Å². The summed E-state index contributed by atoms with van der Waals surface area (Å²) < 4.78 is 29.2. The summed E-state index contributed by atoms with van der Waals surface area (Å²) in [5.74, 6) is 1.27. The molecule has 0 unspecified atom stereocenters. The van der Waals surface area contributed by atoms with Gasteiger partial charge in [0.1, 0.15) is 17.8 Å². The van der Waals surface area contributed by atoms with Crippen molar-refractivity contribution in [1.82, 2.24) is 14.5 Å². The van der Waals surface area contributed by atoms with Gasteiger partial charge in [0.2, 0.25) is 0 Å². The summed E-state index contributed by atoms with van der Waals surface area (Å²) in [7, 11) is 0.706. The van der Waals surface area contributed by atoms with Crippen molar-refractivity contribution in [2.24, 2.45) is 13.0 Å². The molecule has 1 fully saturated rings. The quantitative estimate of drug-likeness (QED) is 0.766. The molecule has 0 aliphatic heterocycles. The number of aryl methyl sites for hydroxylation is 1. The van der Waals surface area contributed by atoms with Crippen LogP contribution in [0.15, 0.2) is 18.6 Å². The molecule has 1 aliphatic carbocycles. The van der Waals surface area contributed by atoms with Gasteiger partial charge in [0, 0.05) is 26.3 Å². The zero-order chi connectivity index (χ0) is 17.3. The fourth-order valence-corrected chi connectivity index (χ4v) is 3.88. The zero-order valence-electron chi connectivity index (χ0n) is 14.3. The van der Waals surface area contributed by atoms with Crippen molar-refractivity contribution in [3.05, 3.63) is 18.6 Å². The predicted molar refractivity (Wildman–Crippen MR) is 93.5 cm³/mol. The Morgan fingerprint density at radius 2 is 2.00 bits per heavy atom. The highest BCUT2D eigenvalue weighted by Gasteiger charge is 2.26. The lowest BCUT2D eigenvalue weighted by molar-refractivity contribution is 0.205. The lowest BCUT2D eigenvalue weighted by Gasteiger charge is -2.35. The first-order valence-electron chi connectivity index (χ1n) is 8.18. The van der Waals surface area contributed by atoms with Gasteiger partial charge in [-0.15, -0.1) is 0 Å². The predicted octanol–water partition coefficient (Wildman–Crippen LogP) is 1.94. The lowest BCUT2D eigenvalue weighted by atomic mass is 9.86. The monoisotopic (exact) mass is 352 g/mol. The van der Waals surface area contributed by atoms with E-state index in [4.69, 9.17) is 4.18 Å². The first-order valence-corrected chi connectivity index (χ1v) is 10.00. The Morgan fingerprint density at radius 1 is 1.29 bits per heavy atom. The van der Waals surface area contributed by atoms with E-state index in [1.807, 2.05) is 23.9 Å². The van der Waals surface area contributed by atoms with Crippen molar-refractivity contribution in [3.63, 3.8) is 0 Å². The summed E-state index contributed by atoms with van der Waals surface area (Å²) >= 11 is 0. The molecular formula is C16H24N4O3S. The fourth-order valence-electron chi connectivity index (χ4n) is 3.44. The number of anilines is 1. The average Bonchev–Trinajstić information content (AvgIpc) is 2.94. The van der Waals surface area contributed by atoms with Crippen LogP contribution in [0.5, 0.6) is 0 Å². The van der Waals surface area contributed by atoms with Crippen LogP contribution < -0.4 is 4.90 Å². The summed E-state index contributed by atoms with van der Waals surface area (Å²) in [4.78, 5) is 11.1. The highest BCUT2D eigenvalue weighted by Crippen LogP contribution is 2.32. The standard InChI is InChI=1S/C16H24N4O3S/c1-19-9-8-14-15(19)17-11-18-16(14)20(2)13-6-4-12(5-7-13)10-23-24(3,21)22/h8-9,11-13H,4-7,10H2,1-3H3. The molecule has 0 N–H and O–H groups in total. The van der Waals surface area contributed by atoms with E-state index in [0.717, 1.165) is 48.8 Å². The zero-order valence-corrected chi connectivity index (χ0v) is 15.2. The Bertz CT molecular complexity index is 810. The van der Waals surface area contributed by atoms with Crippen LogP contribution in [0.1, 0.15) is 25.7 Å². The van der Waals surface area contributed by atoms with E-state index in [2.05, 4.69) is 21.9 Å². The van der Waals surface area contributed by atoms with Gasteiger partial charge >= 0.3 is 0 Å². The van der Waals surface area contributed by atoms with Crippen molar-refractivity contribution in [2.45, 2.75) is 31.7 Å². The van der Waals surface area contributed by atoms with Crippen LogP contribution in [-0.4, -0.2) is 48.9 Å². The molecule has 0 spiro atoms. The number of fused-ring (bicyclic) bond motifs is 1. The molecule has 24 heavy (non-hydrogen) atoms. The van der Waals surface area contributed by atoms with E-state index >= 15 is 0 Å². The summed E-state index contributed by atoms with van der Waals surface area (Å²) in [6.07, 6.45) is 8.66. The van der Waals surface area contributed by atoms with E-state index in [0.29, 0.717) is 18.6 Å². The third-order valence-electron chi connectivity index (χ3n) is 4.86. The minimum Gasteiger partial charge on any atom is -0.356 e. The largest absolute Gasteiger partial charge is 0.356 e. The summed E-state index contributed by atoms with van der Waals surface area (Å²) in [5, 5.41) is 1.06. The molecule has 7 nitrogen and oxygen atoms in total. The highest BCUT2D eigenvalue weighted by molar-refractivity contribution is 7.85. The molecule has 0 aromatic carbocycles. The van der Waals surface area contributed by atoms with E-state index in [1.54, 1.807) is 6.33 Å². The van der Waals surface area contributed by atoms with Gasteiger partial charge in [-0.25, -0.2) is 9.97 Å². The van der Waals surface area contributed by atoms with E-state index in [-0.39, 0.29) is 0 Å². The summed E-state index contributed by atoms with van der Waals surface area (Å²) in [5.41, 5.74) is 0.932. The van der Waals surface area contributed by atoms with Gasteiger partial charge in [-0.3, -0.25) is 4.18 Å². The number of nitrogens with zero attached hydrogens (tertiary/aromatic N) is 4. The molecule has 2 aromatic heterocycles. The average molecular weight is 352 g/mol. The van der Waals surface area contributed by atoms with Crippen LogP contribution in [0, 0.1) is 5.92 Å². The number of hydrogen-bond donors (Lipinski definition) is 0. The molecule has 0 amide bonds. The smallest absolute Gasteiger partial charge is 0.264 e. The van der Waals surface area contributed by atoms with Crippen LogP contribution >= 0.6 is 0 Å². The molecule has 0 saturated heterocycles. The fraction of sp³-hybridized carbons (Fsp3) is 0.625. The van der Waals surface area contributed by atoms with Gasteiger partial charge in [0.05, 0.1) is 18.2 Å².